The molecule has 1 unspecified atom stereocenters. The first-order valence-corrected chi connectivity index (χ1v) is 8.17. The summed E-state index contributed by atoms with van der Waals surface area (Å²) < 4.78 is 6.57. The van der Waals surface area contributed by atoms with Crippen molar-refractivity contribution in [2.75, 3.05) is 19.8 Å². The van der Waals surface area contributed by atoms with Gasteiger partial charge in [0.25, 0.3) is 0 Å². The molecule has 0 saturated heterocycles. The zero-order valence-electron chi connectivity index (χ0n) is 12.5. The van der Waals surface area contributed by atoms with Crippen LogP contribution in [0.25, 0.3) is 0 Å². The maximum absolute atomic E-state index is 11.6. The molecule has 0 saturated carbocycles. The molecule has 2 N–H and O–H groups in total. The second-order valence-electron chi connectivity index (χ2n) is 5.19. The molecule has 1 aromatic rings. The van der Waals surface area contributed by atoms with E-state index < -0.39 is 0 Å². The predicted octanol–water partition coefficient (Wildman–Crippen LogP) is 3.13. The number of halogens is 1. The lowest BCUT2D eigenvalue weighted by molar-refractivity contribution is -0.121. The average Bonchev–Trinajstić information content (AvgIpc) is 2.49. The Morgan fingerprint density at radius 3 is 2.71 bits per heavy atom. The molecule has 1 amide bonds. The molecule has 0 aromatic heterocycles. The molecule has 0 spiro atoms. The van der Waals surface area contributed by atoms with E-state index in [1.54, 1.807) is 0 Å². The Kier molecular flexibility index (Phi) is 9.10. The molecule has 21 heavy (non-hydrogen) atoms. The second-order valence-corrected chi connectivity index (χ2v) is 6.10. The number of amides is 1. The van der Waals surface area contributed by atoms with Gasteiger partial charge in [-0.25, -0.2) is 0 Å². The van der Waals surface area contributed by atoms with E-state index >= 15 is 0 Å². The molecule has 118 valence electrons. The van der Waals surface area contributed by atoms with Gasteiger partial charge in [-0.1, -0.05) is 22.9 Å². The fourth-order valence-electron chi connectivity index (χ4n) is 1.81. The third-order valence-corrected chi connectivity index (χ3v) is 3.67. The summed E-state index contributed by atoms with van der Waals surface area (Å²) >= 11 is 3.37. The number of aliphatic hydroxyl groups excluding tert-OH is 1. The molecule has 1 aromatic carbocycles. The number of carbonyl (C=O) groups excluding carboxylic acids is 1. The minimum atomic E-state index is 0.0612. The van der Waals surface area contributed by atoms with Crippen molar-refractivity contribution in [1.82, 2.24) is 5.32 Å². The molecule has 0 radical (unpaired) electrons. The Balaban J connectivity index is 2.02. The highest BCUT2D eigenvalue weighted by molar-refractivity contribution is 9.10. The van der Waals surface area contributed by atoms with Gasteiger partial charge in [-0.15, -0.1) is 0 Å². The van der Waals surface area contributed by atoms with Crippen molar-refractivity contribution in [3.8, 4) is 5.75 Å². The summed E-state index contributed by atoms with van der Waals surface area (Å²) in [5.41, 5.74) is 0. The highest BCUT2D eigenvalue weighted by Gasteiger charge is 2.03. The monoisotopic (exact) mass is 357 g/mol. The van der Waals surface area contributed by atoms with Crippen LogP contribution in [0.5, 0.6) is 5.75 Å². The van der Waals surface area contributed by atoms with Crippen molar-refractivity contribution >= 4 is 21.8 Å². The smallest absolute Gasteiger partial charge is 0.220 e. The molecular weight excluding hydrogens is 334 g/mol. The molecular formula is C16H24BrNO3. The summed E-state index contributed by atoms with van der Waals surface area (Å²) in [4.78, 5) is 11.6. The largest absolute Gasteiger partial charge is 0.494 e. The highest BCUT2D eigenvalue weighted by Crippen LogP contribution is 2.16. The maximum atomic E-state index is 11.6. The van der Waals surface area contributed by atoms with Crippen LogP contribution in [0, 0.1) is 5.92 Å². The van der Waals surface area contributed by atoms with E-state index in [9.17, 15) is 4.79 Å². The number of carbonyl (C=O) groups is 1. The van der Waals surface area contributed by atoms with Gasteiger partial charge in [-0.3, -0.25) is 4.79 Å². The van der Waals surface area contributed by atoms with Crippen LogP contribution >= 0.6 is 15.9 Å². The van der Waals surface area contributed by atoms with Crippen molar-refractivity contribution in [1.29, 1.82) is 0 Å². The van der Waals surface area contributed by atoms with Crippen molar-refractivity contribution in [3.05, 3.63) is 28.7 Å². The van der Waals surface area contributed by atoms with Crippen molar-refractivity contribution in [2.45, 2.75) is 32.6 Å². The molecule has 0 fully saturated rings. The topological polar surface area (TPSA) is 58.6 Å². The second kappa shape index (κ2) is 10.6. The first-order valence-electron chi connectivity index (χ1n) is 7.37. The first kappa shape index (κ1) is 18.0. The highest BCUT2D eigenvalue weighted by atomic mass is 79.9. The van der Waals surface area contributed by atoms with E-state index in [0.717, 1.165) is 23.1 Å². The number of nitrogens with one attached hydrogen (secondary N) is 1. The average molecular weight is 358 g/mol. The van der Waals surface area contributed by atoms with E-state index in [-0.39, 0.29) is 12.5 Å². The summed E-state index contributed by atoms with van der Waals surface area (Å²) in [6, 6.07) is 7.64. The van der Waals surface area contributed by atoms with E-state index in [4.69, 9.17) is 9.84 Å². The standard InChI is InChI=1S/C16H24BrNO3/c1-13(12-19)4-2-10-18-16(20)5-3-11-21-15-8-6-14(17)7-9-15/h6-9,13,19H,2-5,10-12H2,1H3,(H,18,20). The van der Waals surface area contributed by atoms with Gasteiger partial charge in [-0.2, -0.15) is 0 Å². The fourth-order valence-corrected chi connectivity index (χ4v) is 2.08. The van der Waals surface area contributed by atoms with Crippen molar-refractivity contribution < 1.29 is 14.6 Å². The molecule has 0 aliphatic rings. The van der Waals surface area contributed by atoms with Gasteiger partial charge in [0.2, 0.25) is 5.91 Å². The Hall–Kier alpha value is -1.07. The Labute approximate surface area is 135 Å². The maximum Gasteiger partial charge on any atom is 0.220 e. The molecule has 0 bridgehead atoms. The number of aliphatic hydroxyl groups is 1. The van der Waals surface area contributed by atoms with Gasteiger partial charge in [-0.05, 0) is 49.4 Å². The van der Waals surface area contributed by atoms with Gasteiger partial charge < -0.3 is 15.2 Å². The third-order valence-electron chi connectivity index (χ3n) is 3.14. The number of benzene rings is 1. The summed E-state index contributed by atoms with van der Waals surface area (Å²) in [6.45, 7) is 3.43. The van der Waals surface area contributed by atoms with E-state index in [1.807, 2.05) is 31.2 Å². The quantitative estimate of drug-likeness (QED) is 0.632. The summed E-state index contributed by atoms with van der Waals surface area (Å²) in [5, 5.41) is 11.8. The molecule has 0 heterocycles. The summed E-state index contributed by atoms with van der Waals surface area (Å²) in [7, 11) is 0. The van der Waals surface area contributed by atoms with Gasteiger partial charge >= 0.3 is 0 Å². The molecule has 5 heteroatoms. The molecule has 4 nitrogen and oxygen atoms in total. The van der Waals surface area contributed by atoms with E-state index in [1.165, 1.54) is 0 Å². The van der Waals surface area contributed by atoms with E-state index in [0.29, 0.717) is 31.9 Å². The Morgan fingerprint density at radius 2 is 2.05 bits per heavy atom. The Bertz CT molecular complexity index is 408. The zero-order valence-corrected chi connectivity index (χ0v) is 14.1. The van der Waals surface area contributed by atoms with Crippen LogP contribution in [0.15, 0.2) is 28.7 Å². The minimum Gasteiger partial charge on any atom is -0.494 e. The van der Waals surface area contributed by atoms with E-state index in [2.05, 4.69) is 21.2 Å². The number of hydrogen-bond acceptors (Lipinski definition) is 3. The lowest BCUT2D eigenvalue weighted by atomic mass is 10.1. The minimum absolute atomic E-state index is 0.0612. The molecule has 1 atom stereocenters. The van der Waals surface area contributed by atoms with Gasteiger partial charge in [0.1, 0.15) is 5.75 Å². The first-order chi connectivity index (χ1) is 10.1. The van der Waals surface area contributed by atoms with Crippen LogP contribution < -0.4 is 10.1 Å². The summed E-state index contributed by atoms with van der Waals surface area (Å²) in [5.74, 6) is 1.18. The van der Waals surface area contributed by atoms with Crippen molar-refractivity contribution in [3.63, 3.8) is 0 Å². The zero-order chi connectivity index (χ0) is 15.5. The lowest BCUT2D eigenvalue weighted by Crippen LogP contribution is -2.25. The number of rotatable bonds is 10. The van der Waals surface area contributed by atoms with Gasteiger partial charge in [0, 0.05) is 24.0 Å². The number of ether oxygens (including phenoxy) is 1. The predicted molar refractivity (Wildman–Crippen MR) is 87.4 cm³/mol. The van der Waals surface area contributed by atoms with Crippen LogP contribution in [0.4, 0.5) is 0 Å². The van der Waals surface area contributed by atoms with Gasteiger partial charge in [0.05, 0.1) is 6.61 Å². The normalized spacial score (nSPS) is 12.0. The lowest BCUT2D eigenvalue weighted by Gasteiger charge is -2.09. The SMILES string of the molecule is CC(CO)CCCNC(=O)CCCOc1ccc(Br)cc1. The molecule has 0 aliphatic heterocycles. The van der Waals surface area contributed by atoms with Crippen LogP contribution in [0.1, 0.15) is 32.6 Å². The molecule has 0 aliphatic carbocycles. The van der Waals surface area contributed by atoms with Crippen LogP contribution in [0.2, 0.25) is 0 Å². The Morgan fingerprint density at radius 1 is 1.33 bits per heavy atom. The van der Waals surface area contributed by atoms with Crippen LogP contribution in [0.3, 0.4) is 0 Å². The fraction of sp³-hybridized carbons (Fsp3) is 0.562. The third kappa shape index (κ3) is 8.73. The van der Waals surface area contributed by atoms with Crippen molar-refractivity contribution in [2.24, 2.45) is 5.92 Å². The van der Waals surface area contributed by atoms with Gasteiger partial charge in [0.15, 0.2) is 0 Å². The summed E-state index contributed by atoms with van der Waals surface area (Å²) in [6.07, 6.45) is 3.02. The number of hydrogen-bond donors (Lipinski definition) is 2. The van der Waals surface area contributed by atoms with Crippen LogP contribution in [-0.4, -0.2) is 30.8 Å². The molecule has 1 rings (SSSR count). The van der Waals surface area contributed by atoms with Crippen LogP contribution in [-0.2, 0) is 4.79 Å².